The van der Waals surface area contributed by atoms with E-state index in [2.05, 4.69) is 13.8 Å². The highest BCUT2D eigenvalue weighted by atomic mass is 16.5. The molecule has 3 nitrogen and oxygen atoms in total. The average molecular weight is 236 g/mol. The summed E-state index contributed by atoms with van der Waals surface area (Å²) in [6.07, 6.45) is 2.93. The van der Waals surface area contributed by atoms with Gasteiger partial charge in [0.2, 0.25) is 0 Å². The number of allylic oxidation sites excluding steroid dienone is 4. The van der Waals surface area contributed by atoms with E-state index in [1.165, 1.54) is 31.4 Å². The minimum atomic E-state index is -0.0276. The number of rotatable bonds is 4. The molecule has 94 valence electrons. The Labute approximate surface area is 102 Å². The van der Waals surface area contributed by atoms with Crippen molar-refractivity contribution in [3.05, 3.63) is 34.1 Å². The normalized spacial score (nSPS) is 17.6. The molecule has 1 aliphatic carbocycles. The molecule has 0 aliphatic heterocycles. The van der Waals surface area contributed by atoms with Gasteiger partial charge >= 0.3 is 0 Å². The molecule has 1 N–H and O–H groups in total. The highest BCUT2D eigenvalue weighted by Gasteiger charge is 2.21. The molecule has 0 fully saturated rings. The van der Waals surface area contributed by atoms with Gasteiger partial charge in [0.25, 0.3) is 0 Å². The molecular weight excluding hydrogens is 216 g/mol. The van der Waals surface area contributed by atoms with Crippen molar-refractivity contribution in [2.24, 2.45) is 0 Å². The summed E-state index contributed by atoms with van der Waals surface area (Å²) in [7, 11) is 1.53. The third kappa shape index (κ3) is 3.07. The van der Waals surface area contributed by atoms with Gasteiger partial charge in [-0.15, -0.1) is 0 Å². The Morgan fingerprint density at radius 3 is 2.41 bits per heavy atom. The number of hydrogen-bond donors (Lipinski definition) is 1. The summed E-state index contributed by atoms with van der Waals surface area (Å²) in [5.74, 6) is -0.0276. The van der Waals surface area contributed by atoms with Crippen LogP contribution in [0.25, 0.3) is 0 Å². The summed E-state index contributed by atoms with van der Waals surface area (Å²) in [6.45, 7) is 5.64. The topological polar surface area (TPSA) is 46.5 Å². The van der Waals surface area contributed by atoms with Crippen LogP contribution in [0.2, 0.25) is 0 Å². The van der Waals surface area contributed by atoms with E-state index in [-0.39, 0.29) is 12.4 Å². The van der Waals surface area contributed by atoms with Crippen LogP contribution in [0.5, 0.6) is 0 Å². The molecule has 17 heavy (non-hydrogen) atoms. The molecule has 1 aliphatic rings. The summed E-state index contributed by atoms with van der Waals surface area (Å²) in [5, 5.41) is 9.40. The zero-order valence-corrected chi connectivity index (χ0v) is 11.0. The maximum absolute atomic E-state index is 11.6. The van der Waals surface area contributed by atoms with Gasteiger partial charge in [-0.25, -0.2) is 0 Å². The Balaban J connectivity index is 3.17. The fourth-order valence-electron chi connectivity index (χ4n) is 2.04. The molecule has 0 aromatic heterocycles. The number of ether oxygens (including phenoxy) is 1. The highest BCUT2D eigenvalue weighted by Crippen LogP contribution is 2.33. The molecule has 0 aromatic rings. The predicted molar refractivity (Wildman–Crippen MR) is 67.5 cm³/mol. The fourth-order valence-corrected chi connectivity index (χ4v) is 2.04. The Bertz CT molecular complexity index is 411. The standard InChI is InChI=1S/C14H20O3/c1-9-5-12(7-15)13(6-10(9)2)14(8-17-4)11(3)16/h8,15H,5-7H2,1-4H3/b14-8-. The van der Waals surface area contributed by atoms with Crippen molar-refractivity contribution in [1.29, 1.82) is 0 Å². The SMILES string of the molecule is CO/C=C(/C(C)=O)C1=C(CO)CC(C)=C(C)C1. The quantitative estimate of drug-likeness (QED) is 0.463. The number of carbonyl (C=O) groups is 1. The molecule has 0 bridgehead atoms. The predicted octanol–water partition coefficient (Wildman–Crippen LogP) is 2.52. The summed E-state index contributed by atoms with van der Waals surface area (Å²) in [6, 6.07) is 0. The Morgan fingerprint density at radius 2 is 1.94 bits per heavy atom. The maximum atomic E-state index is 11.6. The first-order valence-electron chi connectivity index (χ1n) is 5.72. The minimum Gasteiger partial charge on any atom is -0.504 e. The van der Waals surface area contributed by atoms with E-state index in [0.717, 1.165) is 24.0 Å². The monoisotopic (exact) mass is 236 g/mol. The Kier molecular flexibility index (Phi) is 4.70. The van der Waals surface area contributed by atoms with Gasteiger partial charge in [0.15, 0.2) is 5.78 Å². The molecule has 0 spiro atoms. The average Bonchev–Trinajstić information content (AvgIpc) is 2.29. The lowest BCUT2D eigenvalue weighted by Gasteiger charge is -2.22. The number of methoxy groups -OCH3 is 1. The number of ketones is 1. The van der Waals surface area contributed by atoms with Gasteiger partial charge in [-0.3, -0.25) is 4.79 Å². The van der Waals surface area contributed by atoms with Gasteiger partial charge < -0.3 is 9.84 Å². The van der Waals surface area contributed by atoms with Crippen molar-refractivity contribution in [3.8, 4) is 0 Å². The first-order valence-corrected chi connectivity index (χ1v) is 5.72. The Morgan fingerprint density at radius 1 is 1.35 bits per heavy atom. The second-order valence-corrected chi connectivity index (χ2v) is 4.48. The lowest BCUT2D eigenvalue weighted by molar-refractivity contribution is -0.113. The van der Waals surface area contributed by atoms with Crippen LogP contribution in [-0.4, -0.2) is 24.6 Å². The summed E-state index contributed by atoms with van der Waals surface area (Å²) in [5.41, 5.74) is 4.96. The van der Waals surface area contributed by atoms with Crippen LogP contribution in [0.4, 0.5) is 0 Å². The summed E-state index contributed by atoms with van der Waals surface area (Å²) >= 11 is 0. The number of Topliss-reactive ketones (excluding diaryl/α,β-unsaturated/α-hetero) is 1. The molecule has 3 heteroatoms. The van der Waals surface area contributed by atoms with E-state index < -0.39 is 0 Å². The van der Waals surface area contributed by atoms with Crippen molar-refractivity contribution in [1.82, 2.24) is 0 Å². The minimum absolute atomic E-state index is 0.00567. The number of hydrogen-bond acceptors (Lipinski definition) is 3. The van der Waals surface area contributed by atoms with Crippen molar-refractivity contribution in [2.75, 3.05) is 13.7 Å². The fraction of sp³-hybridized carbons (Fsp3) is 0.500. The smallest absolute Gasteiger partial charge is 0.163 e. The van der Waals surface area contributed by atoms with Gasteiger partial charge in [-0.2, -0.15) is 0 Å². The Hall–Kier alpha value is -1.35. The van der Waals surface area contributed by atoms with Crippen LogP contribution in [0.15, 0.2) is 34.1 Å². The molecule has 0 saturated carbocycles. The van der Waals surface area contributed by atoms with Gasteiger partial charge in [-0.1, -0.05) is 11.1 Å². The van der Waals surface area contributed by atoms with Crippen molar-refractivity contribution >= 4 is 5.78 Å². The van der Waals surface area contributed by atoms with E-state index >= 15 is 0 Å². The maximum Gasteiger partial charge on any atom is 0.163 e. The van der Waals surface area contributed by atoms with E-state index in [9.17, 15) is 9.90 Å². The first-order chi connectivity index (χ1) is 8.01. The van der Waals surface area contributed by atoms with Crippen molar-refractivity contribution < 1.29 is 14.6 Å². The van der Waals surface area contributed by atoms with E-state index in [1.807, 2.05) is 0 Å². The third-order valence-corrected chi connectivity index (χ3v) is 3.21. The lowest BCUT2D eigenvalue weighted by Crippen LogP contribution is -2.11. The first kappa shape index (κ1) is 13.7. The third-order valence-electron chi connectivity index (χ3n) is 3.21. The van der Waals surface area contributed by atoms with Crippen LogP contribution in [0.1, 0.15) is 33.6 Å². The largest absolute Gasteiger partial charge is 0.504 e. The second kappa shape index (κ2) is 5.82. The zero-order valence-electron chi connectivity index (χ0n) is 11.0. The number of aliphatic hydroxyl groups is 1. The number of aliphatic hydroxyl groups excluding tert-OH is 1. The van der Waals surface area contributed by atoms with Crippen molar-refractivity contribution in [3.63, 3.8) is 0 Å². The van der Waals surface area contributed by atoms with E-state index in [4.69, 9.17) is 4.74 Å². The second-order valence-electron chi connectivity index (χ2n) is 4.48. The van der Waals surface area contributed by atoms with Crippen LogP contribution in [0.3, 0.4) is 0 Å². The molecule has 0 saturated heterocycles. The van der Waals surface area contributed by atoms with Gasteiger partial charge in [0, 0.05) is 0 Å². The van der Waals surface area contributed by atoms with Gasteiger partial charge in [0.05, 0.1) is 25.6 Å². The summed E-state index contributed by atoms with van der Waals surface area (Å²) < 4.78 is 4.96. The molecule has 0 amide bonds. The lowest BCUT2D eigenvalue weighted by atomic mass is 9.83. The van der Waals surface area contributed by atoms with Crippen LogP contribution in [0, 0.1) is 0 Å². The molecule has 0 radical (unpaired) electrons. The van der Waals surface area contributed by atoms with Crippen molar-refractivity contribution in [2.45, 2.75) is 33.6 Å². The molecular formula is C14H20O3. The van der Waals surface area contributed by atoms with Gasteiger partial charge in [0.1, 0.15) is 0 Å². The molecule has 0 aromatic carbocycles. The molecule has 1 rings (SSSR count). The zero-order chi connectivity index (χ0) is 13.0. The van der Waals surface area contributed by atoms with Crippen LogP contribution >= 0.6 is 0 Å². The highest BCUT2D eigenvalue weighted by molar-refractivity contribution is 5.97. The van der Waals surface area contributed by atoms with E-state index in [0.29, 0.717) is 5.57 Å². The van der Waals surface area contributed by atoms with Crippen LogP contribution < -0.4 is 0 Å². The molecule has 0 atom stereocenters. The van der Waals surface area contributed by atoms with E-state index in [1.54, 1.807) is 0 Å². The molecule has 0 heterocycles. The number of carbonyl (C=O) groups excluding carboxylic acids is 1. The van der Waals surface area contributed by atoms with Gasteiger partial charge in [-0.05, 0) is 44.8 Å². The molecule has 0 unspecified atom stereocenters. The van der Waals surface area contributed by atoms with Crippen LogP contribution in [-0.2, 0) is 9.53 Å². The summed E-state index contributed by atoms with van der Waals surface area (Å²) in [4.78, 5) is 11.6.